The monoisotopic (exact) mass is 386 g/mol. The van der Waals surface area contributed by atoms with Gasteiger partial charge in [0.05, 0.1) is 11.5 Å². The second-order valence-corrected chi connectivity index (χ2v) is 9.38. The zero-order valence-electron chi connectivity index (χ0n) is 15.2. The molecule has 1 aromatic carbocycles. The van der Waals surface area contributed by atoms with Crippen molar-refractivity contribution in [3.05, 3.63) is 47.3 Å². The van der Waals surface area contributed by atoms with E-state index in [0.717, 1.165) is 25.1 Å². The number of para-hydroxylation sites is 1. The van der Waals surface area contributed by atoms with E-state index in [-0.39, 0.29) is 29.1 Å². The van der Waals surface area contributed by atoms with Gasteiger partial charge in [0.2, 0.25) is 5.95 Å². The summed E-state index contributed by atoms with van der Waals surface area (Å²) in [5.74, 6) is 0.270. The molecule has 2 aliphatic rings. The number of nitrogens with one attached hydrogen (secondary N) is 1. The Morgan fingerprint density at radius 1 is 1.26 bits per heavy atom. The minimum Gasteiger partial charge on any atom is -0.347 e. The third-order valence-electron chi connectivity index (χ3n) is 4.99. The molecule has 2 aromatic rings. The summed E-state index contributed by atoms with van der Waals surface area (Å²) in [7, 11) is -3.05. The van der Waals surface area contributed by atoms with E-state index in [2.05, 4.69) is 21.4 Å². The van der Waals surface area contributed by atoms with Crippen LogP contribution in [-0.4, -0.2) is 48.4 Å². The predicted molar refractivity (Wildman–Crippen MR) is 103 cm³/mol. The Labute approximate surface area is 158 Å². The topological polar surface area (TPSA) is 92.3 Å². The summed E-state index contributed by atoms with van der Waals surface area (Å²) in [6, 6.07) is 9.44. The first-order valence-electron chi connectivity index (χ1n) is 9.14. The number of anilines is 2. The lowest BCUT2D eigenvalue weighted by Gasteiger charge is -2.29. The van der Waals surface area contributed by atoms with Crippen molar-refractivity contribution >= 4 is 27.4 Å². The first-order valence-corrected chi connectivity index (χ1v) is 11.0. The highest BCUT2D eigenvalue weighted by Crippen LogP contribution is 2.31. The molecule has 0 spiro atoms. The third-order valence-corrected chi connectivity index (χ3v) is 6.76. The highest BCUT2D eigenvalue weighted by Gasteiger charge is 2.30. The van der Waals surface area contributed by atoms with E-state index < -0.39 is 9.84 Å². The largest absolute Gasteiger partial charge is 0.347 e. The Bertz CT molecular complexity index is 990. The fourth-order valence-electron chi connectivity index (χ4n) is 3.70. The van der Waals surface area contributed by atoms with Crippen molar-refractivity contribution in [3.8, 4) is 0 Å². The zero-order valence-corrected chi connectivity index (χ0v) is 16.0. The summed E-state index contributed by atoms with van der Waals surface area (Å²) in [5, 5.41) is 2.80. The fraction of sp³-hybridized carbons (Fsp3) is 0.421. The molecule has 142 valence electrons. The maximum absolute atomic E-state index is 12.6. The van der Waals surface area contributed by atoms with Crippen molar-refractivity contribution in [1.82, 2.24) is 15.3 Å². The summed E-state index contributed by atoms with van der Waals surface area (Å²) >= 11 is 0. The number of carbonyl (C=O) groups is 1. The van der Waals surface area contributed by atoms with Gasteiger partial charge < -0.3 is 10.2 Å². The van der Waals surface area contributed by atoms with Gasteiger partial charge in [-0.1, -0.05) is 18.2 Å². The van der Waals surface area contributed by atoms with Crippen molar-refractivity contribution in [2.45, 2.75) is 32.2 Å². The lowest BCUT2D eigenvalue weighted by atomic mass is 10.0. The maximum atomic E-state index is 12.6. The lowest BCUT2D eigenvalue weighted by molar-refractivity contribution is 0.0936. The Morgan fingerprint density at radius 2 is 2.07 bits per heavy atom. The van der Waals surface area contributed by atoms with E-state index in [9.17, 15) is 13.2 Å². The SMILES string of the molecule is Cc1cc(C(=O)NC2CCS(=O)(=O)C2)nc(N2CCCc3ccccc32)n1. The van der Waals surface area contributed by atoms with Crippen molar-refractivity contribution in [3.63, 3.8) is 0 Å². The molecule has 2 aliphatic heterocycles. The number of nitrogens with zero attached hydrogens (tertiary/aromatic N) is 3. The average molecular weight is 386 g/mol. The molecule has 0 saturated carbocycles. The highest BCUT2D eigenvalue weighted by atomic mass is 32.2. The molecule has 7 nitrogen and oxygen atoms in total. The second-order valence-electron chi connectivity index (χ2n) is 7.15. The normalized spacial score (nSPS) is 20.9. The van der Waals surface area contributed by atoms with Gasteiger partial charge in [0, 0.05) is 24.0 Å². The van der Waals surface area contributed by atoms with Crippen LogP contribution in [0.3, 0.4) is 0 Å². The number of aryl methyl sites for hydroxylation is 2. The molecular weight excluding hydrogens is 364 g/mol. The van der Waals surface area contributed by atoms with E-state index in [0.29, 0.717) is 18.1 Å². The van der Waals surface area contributed by atoms with Gasteiger partial charge in [-0.3, -0.25) is 4.79 Å². The summed E-state index contributed by atoms with van der Waals surface area (Å²) in [5.41, 5.74) is 3.29. The van der Waals surface area contributed by atoms with Gasteiger partial charge in [0.1, 0.15) is 5.69 Å². The van der Waals surface area contributed by atoms with Crippen LogP contribution < -0.4 is 10.2 Å². The van der Waals surface area contributed by atoms with Crippen LogP contribution in [0.4, 0.5) is 11.6 Å². The molecule has 1 unspecified atom stereocenters. The third kappa shape index (κ3) is 3.80. The van der Waals surface area contributed by atoms with Crippen LogP contribution >= 0.6 is 0 Å². The number of hydrogen-bond acceptors (Lipinski definition) is 6. The summed E-state index contributed by atoms with van der Waals surface area (Å²) in [4.78, 5) is 23.7. The van der Waals surface area contributed by atoms with Crippen molar-refractivity contribution in [2.75, 3.05) is 23.0 Å². The number of sulfone groups is 1. The first kappa shape index (κ1) is 17.9. The zero-order chi connectivity index (χ0) is 19.0. The number of rotatable bonds is 3. The van der Waals surface area contributed by atoms with Gasteiger partial charge in [-0.15, -0.1) is 0 Å². The molecule has 1 aromatic heterocycles. The van der Waals surface area contributed by atoms with E-state index >= 15 is 0 Å². The Balaban J connectivity index is 1.60. The Morgan fingerprint density at radius 3 is 2.85 bits per heavy atom. The number of fused-ring (bicyclic) bond motifs is 1. The first-order chi connectivity index (χ1) is 12.9. The van der Waals surface area contributed by atoms with Crippen LogP contribution in [0.25, 0.3) is 0 Å². The number of benzene rings is 1. The molecule has 0 aliphatic carbocycles. The maximum Gasteiger partial charge on any atom is 0.270 e. The molecule has 1 saturated heterocycles. The van der Waals surface area contributed by atoms with Crippen LogP contribution in [0.5, 0.6) is 0 Å². The van der Waals surface area contributed by atoms with E-state index in [1.54, 1.807) is 6.07 Å². The van der Waals surface area contributed by atoms with Gasteiger partial charge >= 0.3 is 0 Å². The molecule has 1 atom stereocenters. The Kier molecular flexibility index (Phi) is 4.59. The highest BCUT2D eigenvalue weighted by molar-refractivity contribution is 7.91. The van der Waals surface area contributed by atoms with Crippen molar-refractivity contribution in [1.29, 1.82) is 0 Å². The molecule has 1 amide bonds. The molecule has 0 bridgehead atoms. The van der Waals surface area contributed by atoms with Crippen LogP contribution in [0, 0.1) is 6.92 Å². The van der Waals surface area contributed by atoms with Gasteiger partial charge in [-0.2, -0.15) is 0 Å². The minimum atomic E-state index is -3.05. The summed E-state index contributed by atoms with van der Waals surface area (Å²) < 4.78 is 23.2. The smallest absolute Gasteiger partial charge is 0.270 e. The van der Waals surface area contributed by atoms with E-state index in [1.807, 2.05) is 30.0 Å². The van der Waals surface area contributed by atoms with E-state index in [4.69, 9.17) is 0 Å². The van der Waals surface area contributed by atoms with E-state index in [1.165, 1.54) is 5.56 Å². The molecule has 0 radical (unpaired) electrons. The summed E-state index contributed by atoms with van der Waals surface area (Å²) in [6.07, 6.45) is 2.46. The lowest BCUT2D eigenvalue weighted by Crippen LogP contribution is -2.36. The quantitative estimate of drug-likeness (QED) is 0.865. The fourth-order valence-corrected chi connectivity index (χ4v) is 5.37. The van der Waals surface area contributed by atoms with Crippen LogP contribution in [-0.2, 0) is 16.3 Å². The van der Waals surface area contributed by atoms with Crippen LogP contribution in [0.1, 0.15) is 34.6 Å². The van der Waals surface area contributed by atoms with Crippen molar-refractivity contribution < 1.29 is 13.2 Å². The molecular formula is C19H22N4O3S. The van der Waals surface area contributed by atoms with Crippen molar-refractivity contribution in [2.24, 2.45) is 0 Å². The Hall–Kier alpha value is -2.48. The summed E-state index contributed by atoms with van der Waals surface area (Å²) in [6.45, 7) is 2.63. The minimum absolute atomic E-state index is 0.00480. The molecule has 4 rings (SSSR count). The molecule has 1 N–H and O–H groups in total. The van der Waals surface area contributed by atoms with Gasteiger partial charge in [0.25, 0.3) is 5.91 Å². The molecule has 1 fully saturated rings. The van der Waals surface area contributed by atoms with Gasteiger partial charge in [0.15, 0.2) is 9.84 Å². The number of amides is 1. The van der Waals surface area contributed by atoms with Crippen LogP contribution in [0.15, 0.2) is 30.3 Å². The predicted octanol–water partition coefficient (Wildman–Crippen LogP) is 1.79. The number of carbonyl (C=O) groups excluding carboxylic acids is 1. The second kappa shape index (κ2) is 6.92. The van der Waals surface area contributed by atoms with Crippen LogP contribution in [0.2, 0.25) is 0 Å². The molecule has 8 heteroatoms. The number of aromatic nitrogens is 2. The molecule has 3 heterocycles. The average Bonchev–Trinajstić information content (AvgIpc) is 2.99. The number of hydrogen-bond donors (Lipinski definition) is 1. The molecule has 27 heavy (non-hydrogen) atoms. The standard InChI is InChI=1S/C19H22N4O3S/c1-13-11-16(18(24)21-15-8-10-27(25,26)12-15)22-19(20-13)23-9-4-6-14-5-2-3-7-17(14)23/h2-3,5,7,11,15H,4,6,8-10,12H2,1H3,(H,21,24). The van der Waals surface area contributed by atoms with Gasteiger partial charge in [-0.05, 0) is 43.9 Å². The van der Waals surface area contributed by atoms with Gasteiger partial charge in [-0.25, -0.2) is 18.4 Å².